The SMILES string of the molecule is C=CCOCCCOCCCOCCCOCCOC(=O)c1cccc(C(=O)O)c1. The average molecular weight is 424 g/mol. The normalized spacial score (nSPS) is 10.7. The first-order chi connectivity index (χ1) is 14.6. The van der Waals surface area contributed by atoms with Crippen molar-refractivity contribution < 1.29 is 38.4 Å². The average Bonchev–Trinajstić information content (AvgIpc) is 2.75. The lowest BCUT2D eigenvalue weighted by molar-refractivity contribution is 0.0254. The van der Waals surface area contributed by atoms with Crippen LogP contribution in [0.15, 0.2) is 36.9 Å². The van der Waals surface area contributed by atoms with Crippen LogP contribution in [0.3, 0.4) is 0 Å². The summed E-state index contributed by atoms with van der Waals surface area (Å²) >= 11 is 0. The van der Waals surface area contributed by atoms with E-state index < -0.39 is 11.9 Å². The Kier molecular flexibility index (Phi) is 15.1. The first-order valence-corrected chi connectivity index (χ1v) is 10.1. The Labute approximate surface area is 177 Å². The summed E-state index contributed by atoms with van der Waals surface area (Å²) < 4.78 is 26.7. The van der Waals surface area contributed by atoms with Crippen molar-refractivity contribution in [3.63, 3.8) is 0 Å². The number of carboxylic acids is 1. The third kappa shape index (κ3) is 13.1. The quantitative estimate of drug-likeness (QED) is 0.206. The summed E-state index contributed by atoms with van der Waals surface area (Å²) in [6, 6.07) is 5.71. The van der Waals surface area contributed by atoms with Crippen LogP contribution in [-0.4, -0.2) is 76.5 Å². The topological polar surface area (TPSA) is 101 Å². The fourth-order valence-electron chi connectivity index (χ4n) is 2.32. The van der Waals surface area contributed by atoms with Crippen LogP contribution in [0.5, 0.6) is 0 Å². The van der Waals surface area contributed by atoms with Gasteiger partial charge in [-0.3, -0.25) is 0 Å². The molecular weight excluding hydrogens is 392 g/mol. The van der Waals surface area contributed by atoms with Gasteiger partial charge in [-0.15, -0.1) is 6.58 Å². The second kappa shape index (κ2) is 17.6. The van der Waals surface area contributed by atoms with Crippen molar-refractivity contribution in [1.82, 2.24) is 0 Å². The summed E-state index contributed by atoms with van der Waals surface area (Å²) in [4.78, 5) is 22.8. The lowest BCUT2D eigenvalue weighted by Gasteiger charge is -2.08. The van der Waals surface area contributed by atoms with Gasteiger partial charge in [0.05, 0.1) is 24.3 Å². The molecule has 0 radical (unpaired) electrons. The van der Waals surface area contributed by atoms with Crippen LogP contribution >= 0.6 is 0 Å². The highest BCUT2D eigenvalue weighted by Crippen LogP contribution is 2.07. The Morgan fingerprint density at radius 2 is 1.33 bits per heavy atom. The number of carboxylic acid groups (broad SMARTS) is 1. The van der Waals surface area contributed by atoms with Crippen molar-refractivity contribution in [2.24, 2.45) is 0 Å². The first kappa shape index (κ1) is 25.8. The molecule has 0 atom stereocenters. The zero-order chi connectivity index (χ0) is 21.9. The number of hydrogen-bond acceptors (Lipinski definition) is 7. The molecule has 0 saturated heterocycles. The van der Waals surface area contributed by atoms with Crippen LogP contribution in [0, 0.1) is 0 Å². The predicted molar refractivity (Wildman–Crippen MR) is 111 cm³/mol. The molecule has 0 amide bonds. The summed E-state index contributed by atoms with van der Waals surface area (Å²) in [7, 11) is 0. The van der Waals surface area contributed by atoms with Gasteiger partial charge in [0.2, 0.25) is 0 Å². The van der Waals surface area contributed by atoms with Gasteiger partial charge in [-0.1, -0.05) is 12.1 Å². The number of carbonyl (C=O) groups is 2. The zero-order valence-electron chi connectivity index (χ0n) is 17.4. The van der Waals surface area contributed by atoms with E-state index in [1.165, 1.54) is 24.3 Å². The predicted octanol–water partition coefficient (Wildman–Crippen LogP) is 2.96. The molecule has 30 heavy (non-hydrogen) atoms. The van der Waals surface area contributed by atoms with E-state index in [1.54, 1.807) is 6.08 Å². The van der Waals surface area contributed by atoms with Crippen LogP contribution in [0.25, 0.3) is 0 Å². The third-order valence-corrected chi connectivity index (χ3v) is 3.77. The van der Waals surface area contributed by atoms with E-state index in [-0.39, 0.29) is 24.3 Å². The van der Waals surface area contributed by atoms with E-state index in [2.05, 4.69) is 6.58 Å². The van der Waals surface area contributed by atoms with Crippen molar-refractivity contribution in [2.45, 2.75) is 19.3 Å². The van der Waals surface area contributed by atoms with Crippen molar-refractivity contribution in [2.75, 3.05) is 59.5 Å². The summed E-state index contributed by atoms with van der Waals surface area (Å²) in [5, 5.41) is 8.93. The summed E-state index contributed by atoms with van der Waals surface area (Å²) in [6.07, 6.45) is 4.18. The van der Waals surface area contributed by atoms with Gasteiger partial charge in [0.15, 0.2) is 0 Å². The second-order valence-electron chi connectivity index (χ2n) is 6.28. The Morgan fingerprint density at radius 3 is 1.90 bits per heavy atom. The van der Waals surface area contributed by atoms with Crippen molar-refractivity contribution in [3.8, 4) is 0 Å². The highest BCUT2D eigenvalue weighted by molar-refractivity contribution is 5.94. The van der Waals surface area contributed by atoms with Crippen LogP contribution in [0.2, 0.25) is 0 Å². The maximum atomic E-state index is 11.9. The Bertz CT molecular complexity index is 617. The largest absolute Gasteiger partial charge is 0.478 e. The van der Waals surface area contributed by atoms with Crippen molar-refractivity contribution in [1.29, 1.82) is 0 Å². The first-order valence-electron chi connectivity index (χ1n) is 10.1. The van der Waals surface area contributed by atoms with Gasteiger partial charge in [-0.2, -0.15) is 0 Å². The fraction of sp³-hybridized carbons (Fsp3) is 0.545. The molecule has 0 aromatic heterocycles. The number of esters is 1. The van der Waals surface area contributed by atoms with E-state index in [9.17, 15) is 9.59 Å². The molecule has 168 valence electrons. The van der Waals surface area contributed by atoms with E-state index in [0.29, 0.717) is 46.2 Å². The minimum Gasteiger partial charge on any atom is -0.478 e. The van der Waals surface area contributed by atoms with Gasteiger partial charge in [0.1, 0.15) is 6.61 Å². The summed E-state index contributed by atoms with van der Waals surface area (Å²) in [5.74, 6) is -1.66. The minimum atomic E-state index is -1.09. The monoisotopic (exact) mass is 424 g/mol. The lowest BCUT2D eigenvalue weighted by Crippen LogP contribution is -2.12. The molecule has 1 aromatic carbocycles. The number of rotatable bonds is 19. The molecule has 8 heteroatoms. The minimum absolute atomic E-state index is 0.0427. The highest BCUT2D eigenvalue weighted by Gasteiger charge is 2.10. The van der Waals surface area contributed by atoms with Crippen molar-refractivity contribution >= 4 is 11.9 Å². The molecule has 0 aliphatic heterocycles. The van der Waals surface area contributed by atoms with Gasteiger partial charge in [0, 0.05) is 39.6 Å². The van der Waals surface area contributed by atoms with Crippen molar-refractivity contribution in [3.05, 3.63) is 48.0 Å². The fourth-order valence-corrected chi connectivity index (χ4v) is 2.32. The van der Waals surface area contributed by atoms with E-state index in [4.69, 9.17) is 28.8 Å². The van der Waals surface area contributed by atoms with Gasteiger partial charge in [-0.05, 0) is 37.5 Å². The zero-order valence-corrected chi connectivity index (χ0v) is 17.4. The van der Waals surface area contributed by atoms with Gasteiger partial charge in [0.25, 0.3) is 0 Å². The van der Waals surface area contributed by atoms with E-state index in [0.717, 1.165) is 19.3 Å². The number of hydrogen-bond donors (Lipinski definition) is 1. The number of carbonyl (C=O) groups excluding carboxylic acids is 1. The molecule has 0 heterocycles. The summed E-state index contributed by atoms with van der Waals surface area (Å²) in [5.41, 5.74) is 0.245. The standard InChI is InChI=1S/C22H32O8/c1-2-9-26-10-4-11-27-12-5-13-28-14-6-15-29-16-17-30-22(25)20-8-3-7-19(18-20)21(23)24/h2-3,7-8,18H,1,4-6,9-17H2,(H,23,24). The third-order valence-electron chi connectivity index (χ3n) is 3.77. The van der Waals surface area contributed by atoms with Gasteiger partial charge < -0.3 is 28.8 Å². The molecule has 0 fully saturated rings. The maximum Gasteiger partial charge on any atom is 0.338 e. The Morgan fingerprint density at radius 1 is 0.800 bits per heavy atom. The Hall–Kier alpha value is -2.26. The number of benzene rings is 1. The van der Waals surface area contributed by atoms with E-state index in [1.807, 2.05) is 0 Å². The molecule has 1 rings (SSSR count). The number of aromatic carboxylic acids is 1. The molecule has 0 aliphatic carbocycles. The molecule has 1 N–H and O–H groups in total. The Balaban J connectivity index is 1.87. The molecule has 8 nitrogen and oxygen atoms in total. The second-order valence-corrected chi connectivity index (χ2v) is 6.28. The molecule has 0 unspecified atom stereocenters. The van der Waals surface area contributed by atoms with Crippen LogP contribution in [-0.2, 0) is 23.7 Å². The smallest absolute Gasteiger partial charge is 0.338 e. The van der Waals surface area contributed by atoms with Crippen LogP contribution in [0.1, 0.15) is 40.0 Å². The lowest BCUT2D eigenvalue weighted by atomic mass is 10.1. The van der Waals surface area contributed by atoms with Gasteiger partial charge >= 0.3 is 11.9 Å². The van der Waals surface area contributed by atoms with Crippen LogP contribution in [0.4, 0.5) is 0 Å². The highest BCUT2D eigenvalue weighted by atomic mass is 16.6. The molecule has 1 aromatic rings. The van der Waals surface area contributed by atoms with E-state index >= 15 is 0 Å². The summed E-state index contributed by atoms with van der Waals surface area (Å²) in [6.45, 7) is 8.30. The van der Waals surface area contributed by atoms with Crippen LogP contribution < -0.4 is 0 Å². The van der Waals surface area contributed by atoms with Gasteiger partial charge in [-0.25, -0.2) is 9.59 Å². The molecule has 0 saturated carbocycles. The molecule has 0 bridgehead atoms. The molecule has 0 aliphatic rings. The number of ether oxygens (including phenoxy) is 5. The molecular formula is C22H32O8. The molecule has 0 spiro atoms. The maximum absolute atomic E-state index is 11.9.